The van der Waals surface area contributed by atoms with Gasteiger partial charge in [0.05, 0.1) is 29.0 Å². The Balaban J connectivity index is 1.62. The average molecular weight is 372 g/mol. The number of benzene rings is 1. The monoisotopic (exact) mass is 372 g/mol. The summed E-state index contributed by atoms with van der Waals surface area (Å²) >= 11 is 1.30. The van der Waals surface area contributed by atoms with Crippen LogP contribution >= 0.6 is 11.8 Å². The number of nitrogens with zero attached hydrogens (tertiary/aromatic N) is 2. The van der Waals surface area contributed by atoms with Crippen molar-refractivity contribution in [2.24, 2.45) is 7.05 Å². The molecule has 2 aromatic heterocycles. The third kappa shape index (κ3) is 3.75. The fourth-order valence-electron chi connectivity index (χ4n) is 2.61. The minimum absolute atomic E-state index is 0.0813. The highest BCUT2D eigenvalue weighted by molar-refractivity contribution is 7.99. The van der Waals surface area contributed by atoms with Gasteiger partial charge in [0.1, 0.15) is 0 Å². The van der Waals surface area contributed by atoms with Crippen molar-refractivity contribution in [3.63, 3.8) is 0 Å². The van der Waals surface area contributed by atoms with Gasteiger partial charge in [-0.05, 0) is 31.5 Å². The normalized spacial score (nSPS) is 11.0. The molecule has 0 saturated carbocycles. The Morgan fingerprint density at radius 2 is 2.12 bits per heavy atom. The van der Waals surface area contributed by atoms with Crippen LogP contribution in [0.1, 0.15) is 17.0 Å². The Hall–Kier alpha value is -2.74. The van der Waals surface area contributed by atoms with Crippen LogP contribution in [-0.4, -0.2) is 31.3 Å². The van der Waals surface area contributed by atoms with E-state index in [9.17, 15) is 14.7 Å². The summed E-state index contributed by atoms with van der Waals surface area (Å²) in [6.45, 7) is 3.86. The zero-order chi connectivity index (χ0) is 18.8. The molecule has 2 heterocycles. The molecule has 1 amide bonds. The molecule has 0 bridgehead atoms. The molecule has 3 N–H and O–H groups in total. The quantitative estimate of drug-likeness (QED) is 0.595. The van der Waals surface area contributed by atoms with Crippen LogP contribution in [-0.2, 0) is 18.4 Å². The number of rotatable bonds is 5. The molecule has 0 aliphatic heterocycles. The molecule has 136 valence electrons. The molecule has 26 heavy (non-hydrogen) atoms. The van der Waals surface area contributed by atoms with E-state index in [4.69, 9.17) is 0 Å². The maximum atomic E-state index is 12.1. The highest BCUT2D eigenvalue weighted by Crippen LogP contribution is 2.20. The molecule has 0 aliphatic carbocycles. The standard InChI is InChI=1S/C18H20N4O3S/c1-10-4-5-12-13(6-10)21-18(20-12)26-9-16(24)19-8-14-17(25)15(23)7-11(2)22(14)3/h4-7,25H,8-9H2,1-3H3,(H,19,24)(H,20,21). The number of nitrogens with one attached hydrogen (secondary N) is 2. The van der Waals surface area contributed by atoms with Gasteiger partial charge in [0.2, 0.25) is 11.3 Å². The van der Waals surface area contributed by atoms with Gasteiger partial charge in [-0.25, -0.2) is 4.98 Å². The van der Waals surface area contributed by atoms with Gasteiger partial charge in [0.25, 0.3) is 0 Å². The first kappa shape index (κ1) is 18.1. The number of hydrogen-bond donors (Lipinski definition) is 3. The van der Waals surface area contributed by atoms with Crippen LogP contribution in [0.3, 0.4) is 0 Å². The van der Waals surface area contributed by atoms with E-state index in [1.54, 1.807) is 18.5 Å². The number of amides is 1. The number of aryl methyl sites for hydroxylation is 2. The van der Waals surface area contributed by atoms with E-state index in [1.807, 2.05) is 25.1 Å². The highest BCUT2D eigenvalue weighted by atomic mass is 32.2. The largest absolute Gasteiger partial charge is 0.503 e. The van der Waals surface area contributed by atoms with Gasteiger partial charge in [-0.3, -0.25) is 9.59 Å². The van der Waals surface area contributed by atoms with E-state index in [1.165, 1.54) is 17.8 Å². The van der Waals surface area contributed by atoms with Gasteiger partial charge >= 0.3 is 0 Å². The molecule has 0 fully saturated rings. The van der Waals surface area contributed by atoms with Crippen molar-refractivity contribution >= 4 is 28.7 Å². The third-order valence-electron chi connectivity index (χ3n) is 4.19. The Bertz CT molecular complexity index is 1040. The van der Waals surface area contributed by atoms with Crippen molar-refractivity contribution in [1.29, 1.82) is 0 Å². The lowest BCUT2D eigenvalue weighted by Gasteiger charge is -2.14. The number of hydrogen-bond acceptors (Lipinski definition) is 5. The molecule has 0 atom stereocenters. The molecule has 0 unspecified atom stereocenters. The molecule has 7 nitrogen and oxygen atoms in total. The Morgan fingerprint density at radius 3 is 2.88 bits per heavy atom. The van der Waals surface area contributed by atoms with E-state index in [2.05, 4.69) is 15.3 Å². The fraction of sp³-hybridized carbons (Fsp3) is 0.278. The lowest BCUT2D eigenvalue weighted by molar-refractivity contribution is -0.118. The van der Waals surface area contributed by atoms with Crippen LogP contribution in [0.4, 0.5) is 0 Å². The summed E-state index contributed by atoms with van der Waals surface area (Å²) in [6, 6.07) is 7.29. The van der Waals surface area contributed by atoms with E-state index < -0.39 is 5.43 Å². The summed E-state index contributed by atoms with van der Waals surface area (Å²) in [5.41, 5.74) is 3.58. The number of carbonyl (C=O) groups excluding carboxylic acids is 1. The first-order valence-corrected chi connectivity index (χ1v) is 9.08. The first-order valence-electron chi connectivity index (χ1n) is 8.09. The zero-order valence-corrected chi connectivity index (χ0v) is 15.6. The molecule has 0 radical (unpaired) electrons. The van der Waals surface area contributed by atoms with Crippen molar-refractivity contribution < 1.29 is 9.90 Å². The van der Waals surface area contributed by atoms with Gasteiger partial charge in [0.15, 0.2) is 10.9 Å². The first-order chi connectivity index (χ1) is 12.3. The van der Waals surface area contributed by atoms with Gasteiger partial charge < -0.3 is 20.0 Å². The fourth-order valence-corrected chi connectivity index (χ4v) is 3.32. The highest BCUT2D eigenvalue weighted by Gasteiger charge is 2.13. The van der Waals surface area contributed by atoms with Crippen molar-refractivity contribution in [3.05, 3.63) is 51.4 Å². The Morgan fingerprint density at radius 1 is 1.35 bits per heavy atom. The second-order valence-corrected chi connectivity index (χ2v) is 7.10. The SMILES string of the molecule is Cc1ccc2nc(SCC(=O)NCc3c(O)c(=O)cc(C)n3C)[nH]c2c1. The van der Waals surface area contributed by atoms with Crippen LogP contribution in [0, 0.1) is 13.8 Å². The summed E-state index contributed by atoms with van der Waals surface area (Å²) in [7, 11) is 1.74. The minimum Gasteiger partial charge on any atom is -0.503 e. The lowest BCUT2D eigenvalue weighted by Crippen LogP contribution is -2.27. The molecular formula is C18H20N4O3S. The van der Waals surface area contributed by atoms with Crippen LogP contribution in [0.2, 0.25) is 0 Å². The molecule has 1 aromatic carbocycles. The molecule has 3 rings (SSSR count). The van der Waals surface area contributed by atoms with Crippen molar-refractivity contribution in [1.82, 2.24) is 19.9 Å². The van der Waals surface area contributed by atoms with Crippen LogP contribution in [0.25, 0.3) is 11.0 Å². The summed E-state index contributed by atoms with van der Waals surface area (Å²) < 4.78 is 1.69. The summed E-state index contributed by atoms with van der Waals surface area (Å²) in [4.78, 5) is 31.4. The summed E-state index contributed by atoms with van der Waals surface area (Å²) in [5, 5.41) is 13.3. The number of pyridine rings is 1. The number of H-pyrrole nitrogens is 1. The number of aromatic amines is 1. The Labute approximate surface area is 154 Å². The molecule has 3 aromatic rings. The van der Waals surface area contributed by atoms with Gasteiger partial charge in [-0.2, -0.15) is 0 Å². The van der Waals surface area contributed by atoms with Gasteiger partial charge in [-0.15, -0.1) is 0 Å². The van der Waals surface area contributed by atoms with Crippen LogP contribution in [0.15, 0.2) is 34.2 Å². The smallest absolute Gasteiger partial charge is 0.230 e. The summed E-state index contributed by atoms with van der Waals surface area (Å²) in [5.74, 6) is -0.363. The topological polar surface area (TPSA) is 100 Å². The second kappa shape index (κ2) is 7.25. The molecule has 0 aliphatic rings. The van der Waals surface area contributed by atoms with Crippen LogP contribution in [0.5, 0.6) is 5.75 Å². The van der Waals surface area contributed by atoms with E-state index in [0.717, 1.165) is 16.6 Å². The summed E-state index contributed by atoms with van der Waals surface area (Å²) in [6.07, 6.45) is 0. The predicted molar refractivity (Wildman–Crippen MR) is 101 cm³/mol. The second-order valence-electron chi connectivity index (χ2n) is 6.13. The molecular weight excluding hydrogens is 352 g/mol. The number of fused-ring (bicyclic) bond motifs is 1. The maximum absolute atomic E-state index is 12.1. The number of carbonyl (C=O) groups is 1. The Kier molecular flexibility index (Phi) is 5.03. The van der Waals surface area contributed by atoms with Crippen molar-refractivity contribution in [2.75, 3.05) is 5.75 Å². The number of aromatic hydroxyl groups is 1. The lowest BCUT2D eigenvalue weighted by atomic mass is 10.2. The number of thioether (sulfide) groups is 1. The third-order valence-corrected chi connectivity index (χ3v) is 5.06. The number of aromatic nitrogens is 3. The van der Waals surface area contributed by atoms with Crippen molar-refractivity contribution in [2.45, 2.75) is 25.5 Å². The van der Waals surface area contributed by atoms with E-state index in [0.29, 0.717) is 16.5 Å². The predicted octanol–water partition coefficient (Wildman–Crippen LogP) is 1.99. The zero-order valence-electron chi connectivity index (χ0n) is 14.8. The maximum Gasteiger partial charge on any atom is 0.230 e. The molecule has 8 heteroatoms. The van der Waals surface area contributed by atoms with Crippen LogP contribution < -0.4 is 10.7 Å². The van der Waals surface area contributed by atoms with E-state index >= 15 is 0 Å². The van der Waals surface area contributed by atoms with Crippen molar-refractivity contribution in [3.8, 4) is 5.75 Å². The van der Waals surface area contributed by atoms with Gasteiger partial charge in [0, 0.05) is 18.8 Å². The molecule has 0 spiro atoms. The van der Waals surface area contributed by atoms with Gasteiger partial charge in [-0.1, -0.05) is 17.8 Å². The van der Waals surface area contributed by atoms with E-state index in [-0.39, 0.29) is 24.0 Å². The minimum atomic E-state index is -0.447. The number of imidazole rings is 1. The average Bonchev–Trinajstić information content (AvgIpc) is 3.00. The molecule has 0 saturated heterocycles.